The number of nitrogens with zero attached hydrogens (tertiary/aromatic N) is 4. The third kappa shape index (κ3) is 3.86. The number of carbonyl (C=O) groups excluding carboxylic acids is 1. The van der Waals surface area contributed by atoms with Gasteiger partial charge in [0.1, 0.15) is 0 Å². The zero-order chi connectivity index (χ0) is 17.9. The van der Waals surface area contributed by atoms with Gasteiger partial charge in [0.15, 0.2) is 5.16 Å². The molecule has 0 spiro atoms. The maximum atomic E-state index is 12.5. The number of hydrogen-bond acceptors (Lipinski definition) is 6. The van der Waals surface area contributed by atoms with Crippen LogP contribution in [0.4, 0.5) is 11.6 Å². The second-order valence-corrected chi connectivity index (χ2v) is 7.91. The van der Waals surface area contributed by atoms with Crippen LogP contribution in [0.3, 0.4) is 0 Å². The molecule has 26 heavy (non-hydrogen) atoms. The second kappa shape index (κ2) is 7.67. The van der Waals surface area contributed by atoms with Crippen molar-refractivity contribution in [1.82, 2.24) is 14.8 Å². The lowest BCUT2D eigenvalue weighted by Gasteiger charge is -2.28. The standard InChI is InChI=1S/C18H23N5O2S/c1-13(16(24)19-14-5-3-2-4-6-14)26-18-21-20-17(23(18)15-7-8-15)22-9-11-25-12-10-22/h2-6,13,15H,7-12H2,1H3,(H,19,24). The topological polar surface area (TPSA) is 72.3 Å². The van der Waals surface area contributed by atoms with E-state index in [1.54, 1.807) is 0 Å². The number of ether oxygens (including phenoxy) is 1. The van der Waals surface area contributed by atoms with Crippen molar-refractivity contribution in [2.75, 3.05) is 36.5 Å². The Labute approximate surface area is 157 Å². The van der Waals surface area contributed by atoms with E-state index in [2.05, 4.69) is 25.0 Å². The monoisotopic (exact) mass is 373 g/mol. The summed E-state index contributed by atoms with van der Waals surface area (Å²) in [5.41, 5.74) is 0.808. The van der Waals surface area contributed by atoms with Gasteiger partial charge in [0, 0.05) is 24.8 Å². The minimum Gasteiger partial charge on any atom is -0.378 e. The van der Waals surface area contributed by atoms with Crippen LogP contribution in [0.25, 0.3) is 0 Å². The van der Waals surface area contributed by atoms with E-state index in [1.807, 2.05) is 37.3 Å². The van der Waals surface area contributed by atoms with Crippen LogP contribution >= 0.6 is 11.8 Å². The molecule has 7 nitrogen and oxygen atoms in total. The number of amides is 1. The molecule has 1 aliphatic heterocycles. The number of para-hydroxylation sites is 1. The lowest BCUT2D eigenvalue weighted by Crippen LogP contribution is -2.38. The quantitative estimate of drug-likeness (QED) is 0.785. The van der Waals surface area contributed by atoms with E-state index in [4.69, 9.17) is 4.74 Å². The highest BCUT2D eigenvalue weighted by atomic mass is 32.2. The zero-order valence-corrected chi connectivity index (χ0v) is 15.6. The van der Waals surface area contributed by atoms with Crippen molar-refractivity contribution in [3.63, 3.8) is 0 Å². The van der Waals surface area contributed by atoms with Crippen LogP contribution in [0.5, 0.6) is 0 Å². The van der Waals surface area contributed by atoms with Crippen molar-refractivity contribution in [3.05, 3.63) is 30.3 Å². The summed E-state index contributed by atoms with van der Waals surface area (Å²) in [6.07, 6.45) is 2.29. The van der Waals surface area contributed by atoms with Gasteiger partial charge >= 0.3 is 0 Å². The van der Waals surface area contributed by atoms with Crippen LogP contribution in [-0.4, -0.2) is 52.2 Å². The van der Waals surface area contributed by atoms with E-state index in [0.717, 1.165) is 55.9 Å². The van der Waals surface area contributed by atoms with Gasteiger partial charge in [-0.15, -0.1) is 10.2 Å². The van der Waals surface area contributed by atoms with E-state index < -0.39 is 0 Å². The molecule has 1 saturated heterocycles. The SMILES string of the molecule is CC(Sc1nnc(N2CCOCC2)n1C1CC1)C(=O)Nc1ccccc1. The lowest BCUT2D eigenvalue weighted by atomic mass is 10.3. The Bertz CT molecular complexity index is 756. The molecule has 4 rings (SSSR count). The van der Waals surface area contributed by atoms with E-state index in [1.165, 1.54) is 11.8 Å². The molecule has 0 bridgehead atoms. The van der Waals surface area contributed by atoms with Crippen molar-refractivity contribution >= 4 is 29.3 Å². The van der Waals surface area contributed by atoms with Crippen LogP contribution in [0, 0.1) is 0 Å². The Morgan fingerprint density at radius 3 is 2.65 bits per heavy atom. The zero-order valence-electron chi connectivity index (χ0n) is 14.8. The number of nitrogens with one attached hydrogen (secondary N) is 1. The van der Waals surface area contributed by atoms with Gasteiger partial charge in [-0.05, 0) is 31.9 Å². The number of rotatable bonds is 6. The number of carbonyl (C=O) groups is 1. The van der Waals surface area contributed by atoms with Gasteiger partial charge in [-0.3, -0.25) is 9.36 Å². The summed E-state index contributed by atoms with van der Waals surface area (Å²) in [7, 11) is 0. The fourth-order valence-electron chi connectivity index (χ4n) is 2.96. The molecule has 2 fully saturated rings. The maximum absolute atomic E-state index is 12.5. The minimum absolute atomic E-state index is 0.0283. The average Bonchev–Trinajstić information content (AvgIpc) is 3.43. The van der Waals surface area contributed by atoms with E-state index in [-0.39, 0.29) is 11.2 Å². The first kappa shape index (κ1) is 17.4. The highest BCUT2D eigenvalue weighted by Gasteiger charge is 2.33. The van der Waals surface area contributed by atoms with Crippen LogP contribution in [0.15, 0.2) is 35.5 Å². The normalized spacial score (nSPS) is 18.6. The molecule has 2 aliphatic rings. The van der Waals surface area contributed by atoms with Gasteiger partial charge in [-0.25, -0.2) is 0 Å². The van der Waals surface area contributed by atoms with Gasteiger partial charge in [-0.1, -0.05) is 30.0 Å². The number of hydrogen-bond donors (Lipinski definition) is 1. The van der Waals surface area contributed by atoms with Crippen molar-refractivity contribution < 1.29 is 9.53 Å². The molecule has 1 amide bonds. The molecule has 1 aliphatic carbocycles. The molecule has 138 valence electrons. The van der Waals surface area contributed by atoms with Gasteiger partial charge in [-0.2, -0.15) is 0 Å². The van der Waals surface area contributed by atoms with Crippen molar-refractivity contribution in [1.29, 1.82) is 0 Å². The smallest absolute Gasteiger partial charge is 0.237 e. The molecule has 1 aromatic heterocycles. The molecular formula is C18H23N5O2S. The molecule has 1 atom stereocenters. The maximum Gasteiger partial charge on any atom is 0.237 e. The first-order valence-electron chi connectivity index (χ1n) is 9.02. The number of morpholine rings is 1. The molecule has 1 unspecified atom stereocenters. The summed E-state index contributed by atoms with van der Waals surface area (Å²) in [5, 5.41) is 12.3. The van der Waals surface area contributed by atoms with Crippen LogP contribution < -0.4 is 10.2 Å². The summed E-state index contributed by atoms with van der Waals surface area (Å²) < 4.78 is 7.65. The number of aromatic nitrogens is 3. The molecule has 1 aromatic carbocycles. The van der Waals surface area contributed by atoms with Gasteiger partial charge in [0.2, 0.25) is 11.9 Å². The van der Waals surface area contributed by atoms with Gasteiger partial charge < -0.3 is 15.0 Å². The first-order chi connectivity index (χ1) is 12.7. The fraction of sp³-hybridized carbons (Fsp3) is 0.500. The van der Waals surface area contributed by atoms with Crippen molar-refractivity contribution in [2.45, 2.75) is 36.2 Å². The summed E-state index contributed by atoms with van der Waals surface area (Å²) in [6, 6.07) is 9.97. The molecule has 1 N–H and O–H groups in total. The summed E-state index contributed by atoms with van der Waals surface area (Å²) in [5.74, 6) is 0.883. The summed E-state index contributed by atoms with van der Waals surface area (Å²) in [6.45, 7) is 5.01. The fourth-order valence-corrected chi connectivity index (χ4v) is 3.87. The summed E-state index contributed by atoms with van der Waals surface area (Å²) in [4.78, 5) is 14.7. The van der Waals surface area contributed by atoms with Crippen LogP contribution in [-0.2, 0) is 9.53 Å². The first-order valence-corrected chi connectivity index (χ1v) is 9.90. The highest BCUT2D eigenvalue weighted by Crippen LogP contribution is 2.41. The minimum atomic E-state index is -0.255. The molecular weight excluding hydrogens is 350 g/mol. The third-order valence-electron chi connectivity index (χ3n) is 4.55. The largest absolute Gasteiger partial charge is 0.378 e. The number of thioether (sulfide) groups is 1. The van der Waals surface area contributed by atoms with Crippen LogP contribution in [0.2, 0.25) is 0 Å². The molecule has 2 heterocycles. The van der Waals surface area contributed by atoms with E-state index in [9.17, 15) is 4.79 Å². The lowest BCUT2D eigenvalue weighted by molar-refractivity contribution is -0.115. The van der Waals surface area contributed by atoms with Crippen LogP contribution in [0.1, 0.15) is 25.8 Å². The Kier molecular flexibility index (Phi) is 5.12. The van der Waals surface area contributed by atoms with Gasteiger partial charge in [0.25, 0.3) is 0 Å². The molecule has 2 aromatic rings. The Morgan fingerprint density at radius 2 is 1.96 bits per heavy atom. The Hall–Kier alpha value is -2.06. The predicted octanol–water partition coefficient (Wildman–Crippen LogP) is 2.57. The Morgan fingerprint density at radius 1 is 1.23 bits per heavy atom. The number of benzene rings is 1. The third-order valence-corrected chi connectivity index (χ3v) is 5.60. The van der Waals surface area contributed by atoms with Gasteiger partial charge in [0.05, 0.1) is 18.5 Å². The molecule has 8 heteroatoms. The van der Waals surface area contributed by atoms with Crippen molar-refractivity contribution in [2.24, 2.45) is 0 Å². The van der Waals surface area contributed by atoms with Crippen molar-refractivity contribution in [3.8, 4) is 0 Å². The Balaban J connectivity index is 1.47. The predicted molar refractivity (Wildman–Crippen MR) is 102 cm³/mol. The summed E-state index contributed by atoms with van der Waals surface area (Å²) >= 11 is 1.47. The number of anilines is 2. The molecule has 0 radical (unpaired) electrons. The second-order valence-electron chi connectivity index (χ2n) is 6.60. The highest BCUT2D eigenvalue weighted by molar-refractivity contribution is 8.00. The average molecular weight is 373 g/mol. The van der Waals surface area contributed by atoms with E-state index >= 15 is 0 Å². The molecule has 1 saturated carbocycles. The van der Waals surface area contributed by atoms with E-state index in [0.29, 0.717) is 6.04 Å².